The number of hydrogen-bond acceptors (Lipinski definition) is 4. The first-order valence-corrected chi connectivity index (χ1v) is 11.2. The summed E-state index contributed by atoms with van der Waals surface area (Å²) in [6.45, 7) is 3.17. The van der Waals surface area contributed by atoms with Crippen LogP contribution in [-0.4, -0.2) is 40.7 Å². The second kappa shape index (κ2) is 5.08. The Morgan fingerprint density at radius 1 is 1.19 bits per heavy atom. The van der Waals surface area contributed by atoms with E-state index in [1.165, 1.54) is 19.1 Å². The smallest absolute Gasteiger partial charge is 0.273 e. The van der Waals surface area contributed by atoms with Gasteiger partial charge in [-0.25, -0.2) is 13.8 Å². The van der Waals surface area contributed by atoms with Gasteiger partial charge in [0, 0.05) is 25.5 Å². The van der Waals surface area contributed by atoms with E-state index in [1.807, 2.05) is 0 Å². The Labute approximate surface area is 178 Å². The summed E-state index contributed by atoms with van der Waals surface area (Å²) in [5.74, 6) is -1.17. The van der Waals surface area contributed by atoms with Gasteiger partial charge in [0.25, 0.3) is 11.8 Å². The molecule has 6 aliphatic carbocycles. The minimum Gasteiger partial charge on any atom is -0.377 e. The maximum atomic E-state index is 14.1. The van der Waals surface area contributed by atoms with Gasteiger partial charge in [-0.2, -0.15) is 5.10 Å². The number of alkyl halides is 2. The Morgan fingerprint density at radius 3 is 2.42 bits per heavy atom. The van der Waals surface area contributed by atoms with Gasteiger partial charge in [0.2, 0.25) is 0 Å². The van der Waals surface area contributed by atoms with Crippen LogP contribution >= 0.6 is 0 Å². The minimum absolute atomic E-state index is 0.0469. The molecule has 0 aromatic heterocycles. The Bertz CT molecular complexity index is 1060. The maximum Gasteiger partial charge on any atom is 0.273 e. The SMILES string of the molecule is CCC(F)(F)c1cccc(CC(=O)C2C(=O)N(C34C5C6C3C3C4C5C63OC)N=C2C)c1. The van der Waals surface area contributed by atoms with Crippen molar-refractivity contribution < 1.29 is 23.1 Å². The zero-order valence-electron chi connectivity index (χ0n) is 17.6. The van der Waals surface area contributed by atoms with Crippen LogP contribution in [0.1, 0.15) is 31.4 Å². The van der Waals surface area contributed by atoms with Crippen LogP contribution in [0.15, 0.2) is 29.4 Å². The predicted molar refractivity (Wildman–Crippen MR) is 106 cm³/mol. The van der Waals surface area contributed by atoms with Crippen molar-refractivity contribution in [2.75, 3.05) is 7.11 Å². The number of carbonyl (C=O) groups is 2. The highest BCUT2D eigenvalue weighted by molar-refractivity contribution is 6.22. The number of Topliss-reactive ketones (excluding diaryl/α,β-unsaturated/α-hetero) is 1. The van der Waals surface area contributed by atoms with Gasteiger partial charge in [-0.15, -0.1) is 0 Å². The molecule has 8 rings (SSSR count). The van der Waals surface area contributed by atoms with Crippen molar-refractivity contribution in [1.29, 1.82) is 0 Å². The van der Waals surface area contributed by atoms with Crippen molar-refractivity contribution in [1.82, 2.24) is 5.01 Å². The zero-order chi connectivity index (χ0) is 21.7. The molecule has 0 spiro atoms. The number of halogens is 2. The number of carbonyl (C=O) groups excluding carboxylic acids is 2. The summed E-state index contributed by atoms with van der Waals surface area (Å²) in [7, 11) is 1.80. The van der Waals surface area contributed by atoms with Gasteiger partial charge in [0.1, 0.15) is 5.92 Å². The molecule has 6 saturated carbocycles. The van der Waals surface area contributed by atoms with Gasteiger partial charge in [-0.1, -0.05) is 25.1 Å². The molecule has 5 nitrogen and oxygen atoms in total. The number of hydrogen-bond donors (Lipinski definition) is 0. The van der Waals surface area contributed by atoms with E-state index >= 15 is 0 Å². The van der Waals surface area contributed by atoms with E-state index in [0.717, 1.165) is 0 Å². The van der Waals surface area contributed by atoms with Gasteiger partial charge in [-0.3, -0.25) is 9.59 Å². The monoisotopic (exact) mass is 426 g/mol. The van der Waals surface area contributed by atoms with Gasteiger partial charge >= 0.3 is 0 Å². The van der Waals surface area contributed by atoms with E-state index in [9.17, 15) is 18.4 Å². The molecule has 1 amide bonds. The van der Waals surface area contributed by atoms with Crippen LogP contribution in [0, 0.1) is 41.4 Å². The highest BCUT2D eigenvalue weighted by Crippen LogP contribution is 3.05. The number of nitrogens with zero attached hydrogens (tertiary/aromatic N) is 2. The molecule has 7 heteroatoms. The number of amides is 1. The first-order valence-electron chi connectivity index (χ1n) is 11.2. The highest BCUT2D eigenvalue weighted by Gasteiger charge is 3.12. The lowest BCUT2D eigenvalue weighted by atomic mass is 8.96. The molecule has 1 aromatic carbocycles. The summed E-state index contributed by atoms with van der Waals surface area (Å²) < 4.78 is 33.9. The summed E-state index contributed by atoms with van der Waals surface area (Å²) in [4.78, 5) is 26.4. The van der Waals surface area contributed by atoms with E-state index in [0.29, 0.717) is 46.8 Å². The second-order valence-electron chi connectivity index (χ2n) is 10.3. The first kappa shape index (κ1) is 18.4. The fraction of sp³-hybridized carbons (Fsp3) is 0.625. The molecule has 0 N–H and O–H groups in total. The van der Waals surface area contributed by atoms with Crippen LogP contribution in [0.3, 0.4) is 0 Å². The molecule has 0 radical (unpaired) electrons. The lowest BCUT2D eigenvalue weighted by molar-refractivity contribution is -0.647. The van der Waals surface area contributed by atoms with Crippen molar-refractivity contribution in [3.63, 3.8) is 0 Å². The van der Waals surface area contributed by atoms with Crippen molar-refractivity contribution in [3.05, 3.63) is 35.4 Å². The van der Waals surface area contributed by atoms with Crippen molar-refractivity contribution in [2.24, 2.45) is 46.5 Å². The standard InChI is InChI=1S/C24H24F2N2O3/c1-4-22(25,26)12-7-5-6-11(8-12)9-13(29)14-10(2)27-28(21(14)30)23-15-18-16(23)20-17(23)19(15)24(18,20)31-3/h5-8,14-20H,4,9H2,1-3H3. The highest BCUT2D eigenvalue weighted by atomic mass is 19.3. The molecule has 31 heavy (non-hydrogen) atoms. The summed E-state index contributed by atoms with van der Waals surface area (Å²) in [6, 6.07) is 5.98. The number of methoxy groups -OCH3 is 1. The molecule has 1 aromatic rings. The molecule has 0 saturated heterocycles. The fourth-order valence-corrected chi connectivity index (χ4v) is 8.83. The van der Waals surface area contributed by atoms with Crippen molar-refractivity contribution in [3.8, 4) is 0 Å². The summed E-state index contributed by atoms with van der Waals surface area (Å²) >= 11 is 0. The largest absolute Gasteiger partial charge is 0.377 e. The Hall–Kier alpha value is -2.15. The third-order valence-electron chi connectivity index (χ3n) is 9.83. The third-order valence-corrected chi connectivity index (χ3v) is 9.83. The first-order chi connectivity index (χ1) is 14.8. The summed E-state index contributed by atoms with van der Waals surface area (Å²) in [5, 5.41) is 6.26. The number of benzene rings is 1. The molecular weight excluding hydrogens is 402 g/mol. The van der Waals surface area contributed by atoms with Gasteiger partial charge < -0.3 is 4.74 Å². The maximum absolute atomic E-state index is 14.1. The van der Waals surface area contributed by atoms with Gasteiger partial charge in [-0.05, 0) is 54.1 Å². The molecule has 0 bridgehead atoms. The second-order valence-corrected chi connectivity index (χ2v) is 10.3. The lowest BCUT2D eigenvalue weighted by Crippen LogP contribution is -3.17. The molecule has 7 aliphatic rings. The van der Waals surface area contributed by atoms with Crippen molar-refractivity contribution in [2.45, 2.75) is 43.8 Å². The quantitative estimate of drug-likeness (QED) is 0.630. The summed E-state index contributed by atoms with van der Waals surface area (Å²) in [5.41, 5.74) is 0.888. The fourth-order valence-electron chi connectivity index (χ4n) is 8.83. The number of ether oxygens (including phenoxy) is 1. The topological polar surface area (TPSA) is 59.0 Å². The van der Waals surface area contributed by atoms with E-state index in [4.69, 9.17) is 4.74 Å². The Kier molecular flexibility index (Phi) is 3.02. The molecule has 162 valence electrons. The van der Waals surface area contributed by atoms with Crippen LogP contribution in [-0.2, 0) is 26.7 Å². The zero-order valence-corrected chi connectivity index (χ0v) is 17.6. The average molecular weight is 426 g/mol. The number of rotatable bonds is 7. The van der Waals surface area contributed by atoms with E-state index < -0.39 is 11.8 Å². The van der Waals surface area contributed by atoms with Gasteiger partial charge in [0.05, 0.1) is 16.9 Å². The predicted octanol–water partition coefficient (Wildman–Crippen LogP) is 3.02. The van der Waals surface area contributed by atoms with Gasteiger partial charge in [0.15, 0.2) is 5.78 Å². The van der Waals surface area contributed by atoms with E-state index in [-0.39, 0.29) is 41.2 Å². The molecule has 1 aliphatic heterocycles. The molecule has 1 unspecified atom stereocenters. The molecule has 1 heterocycles. The van der Waals surface area contributed by atoms with Crippen LogP contribution in [0.4, 0.5) is 8.78 Å². The van der Waals surface area contributed by atoms with Crippen LogP contribution < -0.4 is 0 Å². The van der Waals surface area contributed by atoms with Crippen LogP contribution in [0.25, 0.3) is 0 Å². The third kappa shape index (κ3) is 1.54. The van der Waals surface area contributed by atoms with Crippen molar-refractivity contribution >= 4 is 17.4 Å². The summed E-state index contributed by atoms with van der Waals surface area (Å²) in [6.07, 6.45) is -0.347. The lowest BCUT2D eigenvalue weighted by Gasteiger charge is -3.10. The average Bonchev–Trinajstić information content (AvgIpc) is 3.07. The molecular formula is C24H24F2N2O3. The van der Waals surface area contributed by atoms with E-state index in [2.05, 4.69) is 5.10 Å². The Balaban J connectivity index is 1.10. The minimum atomic E-state index is -2.93. The molecule has 1 atom stereocenters. The normalized spacial score (nSPS) is 46.9. The van der Waals surface area contributed by atoms with Crippen LogP contribution in [0.5, 0.6) is 0 Å². The number of hydrazone groups is 1. The van der Waals surface area contributed by atoms with E-state index in [1.54, 1.807) is 31.2 Å². The molecule has 6 fully saturated rings. The number of ketones is 1. The van der Waals surface area contributed by atoms with Crippen LogP contribution in [0.2, 0.25) is 0 Å². The Morgan fingerprint density at radius 2 is 1.84 bits per heavy atom.